The molecule has 0 radical (unpaired) electrons. The van der Waals surface area contributed by atoms with E-state index in [1.54, 1.807) is 6.07 Å². The maximum Gasteiger partial charge on any atom is 0.270 e. The average Bonchev–Trinajstić information content (AvgIpc) is 2.54. The molecule has 0 unspecified atom stereocenters. The molecular weight excluding hydrogens is 296 g/mol. The molecule has 0 aliphatic rings. The Labute approximate surface area is 133 Å². The zero-order chi connectivity index (χ0) is 15.5. The number of benzene rings is 2. The van der Waals surface area contributed by atoms with Gasteiger partial charge in [0.15, 0.2) is 0 Å². The molecule has 3 aromatic rings. The summed E-state index contributed by atoms with van der Waals surface area (Å²) >= 11 is 5.98. The predicted molar refractivity (Wildman–Crippen MR) is 89.1 cm³/mol. The van der Waals surface area contributed by atoms with Crippen LogP contribution >= 0.6 is 11.6 Å². The molecule has 4 heteroatoms. The molecule has 3 nitrogen and oxygen atoms in total. The van der Waals surface area contributed by atoms with Crippen molar-refractivity contribution in [1.29, 1.82) is 0 Å². The third kappa shape index (κ3) is 3.10. The zero-order valence-corrected chi connectivity index (χ0v) is 12.8. The van der Waals surface area contributed by atoms with Crippen molar-refractivity contribution in [3.05, 3.63) is 76.9 Å². The van der Waals surface area contributed by atoms with Crippen LogP contribution in [0.25, 0.3) is 10.9 Å². The number of nitrogens with one attached hydrogen (secondary N) is 1. The Bertz CT molecular complexity index is 832. The van der Waals surface area contributed by atoms with Crippen LogP contribution < -0.4 is 5.32 Å². The predicted octanol–water partition coefficient (Wildman–Crippen LogP) is 4.38. The van der Waals surface area contributed by atoms with E-state index in [1.165, 1.54) is 0 Å². The molecule has 1 aromatic heterocycles. The van der Waals surface area contributed by atoms with Crippen LogP contribution in [-0.2, 0) is 0 Å². The number of para-hydroxylation sites is 1. The standard InChI is InChI=1S/C18H15ClN2O/c1-12(14-6-4-7-15(19)11-14)20-18(22)17-10-9-13-5-2-3-8-16(13)21-17/h2-12H,1H3,(H,20,22)/t12-/m1/s1. The van der Waals surface area contributed by atoms with Crippen molar-refractivity contribution in [3.63, 3.8) is 0 Å². The maximum absolute atomic E-state index is 12.4. The second kappa shape index (κ2) is 6.16. The molecule has 0 bridgehead atoms. The number of carbonyl (C=O) groups excluding carboxylic acids is 1. The first kappa shape index (κ1) is 14.5. The molecule has 3 rings (SSSR count). The number of amides is 1. The van der Waals surface area contributed by atoms with Crippen LogP contribution in [0.3, 0.4) is 0 Å². The summed E-state index contributed by atoms with van der Waals surface area (Å²) in [6.45, 7) is 1.92. The molecule has 0 fully saturated rings. The summed E-state index contributed by atoms with van der Waals surface area (Å²) in [6, 6.07) is 18.7. The summed E-state index contributed by atoms with van der Waals surface area (Å²) in [5.41, 5.74) is 2.18. The molecule has 0 aliphatic carbocycles. The Morgan fingerprint density at radius 3 is 2.73 bits per heavy atom. The quantitative estimate of drug-likeness (QED) is 0.780. The number of hydrogen-bond acceptors (Lipinski definition) is 2. The highest BCUT2D eigenvalue weighted by Gasteiger charge is 2.13. The molecule has 0 saturated heterocycles. The monoisotopic (exact) mass is 310 g/mol. The third-order valence-corrected chi connectivity index (χ3v) is 3.76. The molecule has 0 spiro atoms. The highest BCUT2D eigenvalue weighted by Crippen LogP contribution is 2.18. The van der Waals surface area contributed by atoms with Crippen LogP contribution in [0.5, 0.6) is 0 Å². The van der Waals surface area contributed by atoms with E-state index in [2.05, 4.69) is 10.3 Å². The first-order valence-electron chi connectivity index (χ1n) is 7.05. The smallest absolute Gasteiger partial charge is 0.270 e. The van der Waals surface area contributed by atoms with E-state index in [0.29, 0.717) is 10.7 Å². The van der Waals surface area contributed by atoms with Crippen LogP contribution in [-0.4, -0.2) is 10.9 Å². The highest BCUT2D eigenvalue weighted by atomic mass is 35.5. The van der Waals surface area contributed by atoms with E-state index in [9.17, 15) is 4.79 Å². The lowest BCUT2D eigenvalue weighted by atomic mass is 10.1. The van der Waals surface area contributed by atoms with Gasteiger partial charge in [0.05, 0.1) is 11.6 Å². The summed E-state index contributed by atoms with van der Waals surface area (Å²) in [7, 11) is 0. The van der Waals surface area contributed by atoms with Gasteiger partial charge in [-0.05, 0) is 36.8 Å². The van der Waals surface area contributed by atoms with Crippen molar-refractivity contribution in [2.24, 2.45) is 0 Å². The number of pyridine rings is 1. The minimum atomic E-state index is -0.196. The second-order valence-electron chi connectivity index (χ2n) is 5.14. The minimum absolute atomic E-state index is 0.139. The largest absolute Gasteiger partial charge is 0.344 e. The Morgan fingerprint density at radius 1 is 1.09 bits per heavy atom. The van der Waals surface area contributed by atoms with Crippen LogP contribution in [0, 0.1) is 0 Å². The van der Waals surface area contributed by atoms with Crippen LogP contribution in [0.2, 0.25) is 5.02 Å². The van der Waals surface area contributed by atoms with Crippen molar-refractivity contribution >= 4 is 28.4 Å². The normalized spacial score (nSPS) is 12.1. The molecule has 1 N–H and O–H groups in total. The van der Waals surface area contributed by atoms with Crippen molar-refractivity contribution < 1.29 is 4.79 Å². The van der Waals surface area contributed by atoms with Gasteiger partial charge in [-0.3, -0.25) is 4.79 Å². The molecule has 1 heterocycles. The van der Waals surface area contributed by atoms with Gasteiger partial charge >= 0.3 is 0 Å². The molecular formula is C18H15ClN2O. The third-order valence-electron chi connectivity index (χ3n) is 3.53. The lowest BCUT2D eigenvalue weighted by molar-refractivity contribution is 0.0935. The van der Waals surface area contributed by atoms with Gasteiger partial charge in [0, 0.05) is 10.4 Å². The Kier molecular flexibility index (Phi) is 4.07. The minimum Gasteiger partial charge on any atom is -0.344 e. The SMILES string of the molecule is C[C@@H](NC(=O)c1ccc2ccccc2n1)c1cccc(Cl)c1. The van der Waals surface area contributed by atoms with Crippen LogP contribution in [0.15, 0.2) is 60.7 Å². The lowest BCUT2D eigenvalue weighted by Gasteiger charge is -2.14. The number of aromatic nitrogens is 1. The molecule has 0 aliphatic heterocycles. The fourth-order valence-electron chi connectivity index (χ4n) is 2.32. The summed E-state index contributed by atoms with van der Waals surface area (Å²) in [5, 5.41) is 4.62. The van der Waals surface area contributed by atoms with E-state index in [-0.39, 0.29) is 11.9 Å². The van der Waals surface area contributed by atoms with Crippen LogP contribution in [0.4, 0.5) is 0 Å². The summed E-state index contributed by atoms with van der Waals surface area (Å²) < 4.78 is 0. The molecule has 2 aromatic carbocycles. The topological polar surface area (TPSA) is 42.0 Å². The second-order valence-corrected chi connectivity index (χ2v) is 5.58. The number of fused-ring (bicyclic) bond motifs is 1. The summed E-state index contributed by atoms with van der Waals surface area (Å²) in [4.78, 5) is 16.8. The zero-order valence-electron chi connectivity index (χ0n) is 12.1. The van der Waals surface area contributed by atoms with Crippen molar-refractivity contribution in [2.75, 3.05) is 0 Å². The fraction of sp³-hybridized carbons (Fsp3) is 0.111. The molecule has 1 amide bonds. The first-order valence-corrected chi connectivity index (χ1v) is 7.43. The number of nitrogens with zero attached hydrogens (tertiary/aromatic N) is 1. The number of hydrogen-bond donors (Lipinski definition) is 1. The van der Waals surface area contributed by atoms with Crippen LogP contribution in [0.1, 0.15) is 29.0 Å². The van der Waals surface area contributed by atoms with Gasteiger partial charge in [-0.25, -0.2) is 4.98 Å². The number of rotatable bonds is 3. The highest BCUT2D eigenvalue weighted by molar-refractivity contribution is 6.30. The Balaban J connectivity index is 1.80. The van der Waals surface area contributed by atoms with Crippen molar-refractivity contribution in [3.8, 4) is 0 Å². The van der Waals surface area contributed by atoms with Gasteiger partial charge in [0.2, 0.25) is 0 Å². The lowest BCUT2D eigenvalue weighted by Crippen LogP contribution is -2.27. The molecule has 22 heavy (non-hydrogen) atoms. The molecule has 1 atom stereocenters. The number of halogens is 1. The van der Waals surface area contributed by atoms with Crippen molar-refractivity contribution in [1.82, 2.24) is 10.3 Å². The van der Waals surface area contributed by atoms with Crippen molar-refractivity contribution in [2.45, 2.75) is 13.0 Å². The van der Waals surface area contributed by atoms with Gasteiger partial charge in [-0.2, -0.15) is 0 Å². The number of carbonyl (C=O) groups is 1. The first-order chi connectivity index (χ1) is 10.6. The van der Waals surface area contributed by atoms with E-state index in [1.807, 2.05) is 61.5 Å². The van der Waals surface area contributed by atoms with E-state index < -0.39 is 0 Å². The molecule has 110 valence electrons. The summed E-state index contributed by atoms with van der Waals surface area (Å²) in [5.74, 6) is -0.196. The molecule has 0 saturated carbocycles. The van der Waals surface area contributed by atoms with E-state index in [4.69, 9.17) is 11.6 Å². The summed E-state index contributed by atoms with van der Waals surface area (Å²) in [6.07, 6.45) is 0. The van der Waals surface area contributed by atoms with Gasteiger partial charge in [-0.15, -0.1) is 0 Å². The maximum atomic E-state index is 12.4. The average molecular weight is 311 g/mol. The van der Waals surface area contributed by atoms with E-state index in [0.717, 1.165) is 16.5 Å². The Hall–Kier alpha value is -2.39. The Morgan fingerprint density at radius 2 is 1.91 bits per heavy atom. The van der Waals surface area contributed by atoms with E-state index >= 15 is 0 Å². The fourth-order valence-corrected chi connectivity index (χ4v) is 2.52. The van der Waals surface area contributed by atoms with Gasteiger partial charge in [-0.1, -0.05) is 48.0 Å². The van der Waals surface area contributed by atoms with Gasteiger partial charge in [0.1, 0.15) is 5.69 Å². The van der Waals surface area contributed by atoms with Gasteiger partial charge in [0.25, 0.3) is 5.91 Å². The van der Waals surface area contributed by atoms with Gasteiger partial charge < -0.3 is 5.32 Å².